The molecule has 4 aromatic heterocycles. The molecule has 0 aliphatic carbocycles. The Bertz CT molecular complexity index is 1160. The summed E-state index contributed by atoms with van der Waals surface area (Å²) in [6.07, 6.45) is 5.33. The van der Waals surface area contributed by atoms with E-state index in [4.69, 9.17) is 0 Å². The minimum atomic E-state index is -0.415. The number of carbonyl (C=O) groups excluding carboxylic acids is 1. The Morgan fingerprint density at radius 2 is 2.00 bits per heavy atom. The van der Waals surface area contributed by atoms with Gasteiger partial charge in [-0.05, 0) is 24.3 Å². The first-order valence-electron chi connectivity index (χ1n) is 7.50. The Labute approximate surface area is 150 Å². The summed E-state index contributed by atoms with van der Waals surface area (Å²) in [7, 11) is 0. The quantitative estimate of drug-likeness (QED) is 0.573. The second-order valence-electron chi connectivity index (χ2n) is 5.43. The van der Waals surface area contributed by atoms with E-state index in [2.05, 4.69) is 31.2 Å². The molecule has 0 unspecified atom stereocenters. The van der Waals surface area contributed by atoms with Gasteiger partial charge in [-0.25, -0.2) is 9.97 Å². The molecule has 0 saturated carbocycles. The van der Waals surface area contributed by atoms with Gasteiger partial charge in [0.2, 0.25) is 0 Å². The van der Waals surface area contributed by atoms with E-state index in [1.54, 1.807) is 24.4 Å². The maximum Gasteiger partial charge on any atom is 0.270 e. The number of imidazole rings is 1. The van der Waals surface area contributed by atoms with Crippen molar-refractivity contribution in [2.45, 2.75) is 6.54 Å². The molecule has 0 aliphatic rings. The number of halogens is 1. The highest BCUT2D eigenvalue weighted by atomic mass is 79.9. The van der Waals surface area contributed by atoms with Gasteiger partial charge in [-0.3, -0.25) is 14.0 Å². The molecule has 0 aliphatic heterocycles. The first-order chi connectivity index (χ1) is 12.1. The largest absolute Gasteiger partial charge is 0.345 e. The molecule has 4 aromatic rings. The second-order valence-corrected chi connectivity index (χ2v) is 6.35. The highest BCUT2D eigenvalue weighted by molar-refractivity contribution is 9.10. The number of nitrogens with zero attached hydrogens (tertiary/aromatic N) is 4. The summed E-state index contributed by atoms with van der Waals surface area (Å²) in [5.41, 5.74) is 1.71. The van der Waals surface area contributed by atoms with Crippen molar-refractivity contribution in [2.24, 2.45) is 0 Å². The molecule has 124 valence electrons. The van der Waals surface area contributed by atoms with Gasteiger partial charge in [0.1, 0.15) is 17.0 Å². The second kappa shape index (κ2) is 6.14. The van der Waals surface area contributed by atoms with Crippen LogP contribution in [0.4, 0.5) is 0 Å². The fourth-order valence-corrected chi connectivity index (χ4v) is 2.85. The van der Waals surface area contributed by atoms with Gasteiger partial charge in [-0.1, -0.05) is 22.0 Å². The number of carbonyl (C=O) groups is 1. The lowest BCUT2D eigenvalue weighted by atomic mass is 10.3. The summed E-state index contributed by atoms with van der Waals surface area (Å²) >= 11 is 3.40. The average molecular weight is 398 g/mol. The number of aromatic nitrogens is 4. The molecule has 0 saturated heterocycles. The van der Waals surface area contributed by atoms with Crippen molar-refractivity contribution >= 4 is 33.1 Å². The van der Waals surface area contributed by atoms with Crippen LogP contribution in [-0.4, -0.2) is 24.7 Å². The van der Waals surface area contributed by atoms with Gasteiger partial charge in [0.15, 0.2) is 0 Å². The molecule has 25 heavy (non-hydrogen) atoms. The van der Waals surface area contributed by atoms with E-state index in [1.165, 1.54) is 10.5 Å². The molecule has 0 fully saturated rings. The molecule has 0 spiro atoms. The molecule has 7 nitrogen and oxygen atoms in total. The number of amides is 1. The van der Waals surface area contributed by atoms with Crippen molar-refractivity contribution in [3.8, 4) is 0 Å². The molecular weight excluding hydrogens is 386 g/mol. The zero-order valence-corrected chi connectivity index (χ0v) is 14.5. The minimum absolute atomic E-state index is 0.0858. The fraction of sp³-hybridized carbons (Fsp3) is 0.0588. The van der Waals surface area contributed by atoms with E-state index in [1.807, 2.05) is 28.9 Å². The maximum atomic E-state index is 12.3. The normalized spacial score (nSPS) is 11.1. The summed E-state index contributed by atoms with van der Waals surface area (Å²) in [6, 6.07) is 10.2. The van der Waals surface area contributed by atoms with Crippen molar-refractivity contribution in [1.82, 2.24) is 24.1 Å². The summed E-state index contributed by atoms with van der Waals surface area (Å²) in [5.74, 6) is -0.415. The van der Waals surface area contributed by atoms with Crippen LogP contribution in [0.25, 0.3) is 11.3 Å². The monoisotopic (exact) mass is 397 g/mol. The summed E-state index contributed by atoms with van der Waals surface area (Å²) < 4.78 is 4.19. The number of hydrogen-bond acceptors (Lipinski definition) is 4. The molecule has 0 radical (unpaired) electrons. The van der Waals surface area contributed by atoms with Crippen LogP contribution in [0.15, 0.2) is 64.3 Å². The van der Waals surface area contributed by atoms with Crippen LogP contribution in [-0.2, 0) is 6.54 Å². The predicted molar refractivity (Wildman–Crippen MR) is 95.5 cm³/mol. The third-order valence-corrected chi connectivity index (χ3v) is 4.20. The summed E-state index contributed by atoms with van der Waals surface area (Å²) in [5, 5.41) is 2.75. The third kappa shape index (κ3) is 3.03. The number of pyridine rings is 2. The number of hydrogen-bond donors (Lipinski definition) is 1. The Kier molecular flexibility index (Phi) is 3.81. The van der Waals surface area contributed by atoms with Crippen LogP contribution in [0.2, 0.25) is 0 Å². The van der Waals surface area contributed by atoms with Crippen molar-refractivity contribution < 1.29 is 4.79 Å². The van der Waals surface area contributed by atoms with Gasteiger partial charge < -0.3 is 9.72 Å². The van der Waals surface area contributed by atoms with Gasteiger partial charge >= 0.3 is 0 Å². The van der Waals surface area contributed by atoms with Crippen LogP contribution in [0.1, 0.15) is 16.2 Å². The van der Waals surface area contributed by atoms with Crippen LogP contribution in [0.5, 0.6) is 0 Å². The van der Waals surface area contributed by atoms with E-state index in [-0.39, 0.29) is 17.8 Å². The lowest BCUT2D eigenvalue weighted by molar-refractivity contribution is 0.0945. The fourth-order valence-electron chi connectivity index (χ4n) is 2.53. The van der Waals surface area contributed by atoms with E-state index >= 15 is 0 Å². The first-order valence-corrected chi connectivity index (χ1v) is 8.29. The molecule has 0 aromatic carbocycles. The topological polar surface area (TPSA) is 80.8 Å². The molecule has 0 bridgehead atoms. The highest BCUT2D eigenvalue weighted by Gasteiger charge is 2.11. The zero-order valence-electron chi connectivity index (χ0n) is 12.9. The average Bonchev–Trinajstić information content (AvgIpc) is 3.01. The molecule has 8 heteroatoms. The van der Waals surface area contributed by atoms with Gasteiger partial charge in [-0.15, -0.1) is 0 Å². The van der Waals surface area contributed by atoms with Gasteiger partial charge in [0, 0.05) is 29.1 Å². The van der Waals surface area contributed by atoms with Gasteiger partial charge in [0.05, 0.1) is 12.2 Å². The minimum Gasteiger partial charge on any atom is -0.345 e. The summed E-state index contributed by atoms with van der Waals surface area (Å²) in [4.78, 5) is 33.0. The Morgan fingerprint density at radius 1 is 1.12 bits per heavy atom. The van der Waals surface area contributed by atoms with Crippen molar-refractivity contribution in [3.63, 3.8) is 0 Å². The molecular formula is C17H12BrN5O2. The Morgan fingerprint density at radius 3 is 2.88 bits per heavy atom. The van der Waals surface area contributed by atoms with E-state index in [0.717, 1.165) is 10.1 Å². The van der Waals surface area contributed by atoms with Crippen LogP contribution in [0, 0.1) is 0 Å². The van der Waals surface area contributed by atoms with E-state index in [0.29, 0.717) is 11.3 Å². The standard InChI is InChI=1S/C17H12BrN5O2/c18-11-4-6-22-10-12(20-15(22)7-11)9-19-17(25)13-8-16(24)23-5-2-1-3-14(23)21-13/h1-8,10H,9H2,(H,19,25). The molecule has 1 N–H and O–H groups in total. The van der Waals surface area contributed by atoms with Crippen LogP contribution >= 0.6 is 15.9 Å². The molecule has 4 heterocycles. The Hall–Kier alpha value is -3.00. The van der Waals surface area contributed by atoms with E-state index < -0.39 is 5.91 Å². The van der Waals surface area contributed by atoms with E-state index in [9.17, 15) is 9.59 Å². The van der Waals surface area contributed by atoms with Crippen molar-refractivity contribution in [3.05, 3.63) is 81.2 Å². The predicted octanol–water partition coefficient (Wildman–Crippen LogP) is 2.03. The molecule has 4 rings (SSSR count). The third-order valence-electron chi connectivity index (χ3n) is 3.71. The number of nitrogens with one attached hydrogen (secondary N) is 1. The Balaban J connectivity index is 1.56. The molecule has 1 amide bonds. The highest BCUT2D eigenvalue weighted by Crippen LogP contribution is 2.13. The van der Waals surface area contributed by atoms with Crippen molar-refractivity contribution in [2.75, 3.05) is 0 Å². The van der Waals surface area contributed by atoms with Crippen LogP contribution in [0.3, 0.4) is 0 Å². The van der Waals surface area contributed by atoms with Gasteiger partial charge in [-0.2, -0.15) is 0 Å². The van der Waals surface area contributed by atoms with Gasteiger partial charge in [0.25, 0.3) is 11.5 Å². The first kappa shape index (κ1) is 15.5. The lowest BCUT2D eigenvalue weighted by Crippen LogP contribution is -2.27. The summed E-state index contributed by atoms with van der Waals surface area (Å²) in [6.45, 7) is 0.244. The SMILES string of the molecule is O=C(NCc1cn2ccc(Br)cc2n1)c1cc(=O)n2ccccc2n1. The zero-order chi connectivity index (χ0) is 17.4. The number of rotatable bonds is 3. The smallest absolute Gasteiger partial charge is 0.270 e. The lowest BCUT2D eigenvalue weighted by Gasteiger charge is -2.04. The maximum absolute atomic E-state index is 12.3. The number of fused-ring (bicyclic) bond motifs is 2. The van der Waals surface area contributed by atoms with Crippen LogP contribution < -0.4 is 10.9 Å². The molecule has 0 atom stereocenters. The van der Waals surface area contributed by atoms with Crippen molar-refractivity contribution in [1.29, 1.82) is 0 Å².